The molecule has 0 saturated carbocycles. The third-order valence-electron chi connectivity index (χ3n) is 2.89. The zero-order valence-corrected chi connectivity index (χ0v) is 14.0. The lowest BCUT2D eigenvalue weighted by Gasteiger charge is -2.29. The first-order valence-electron chi connectivity index (χ1n) is 6.86. The van der Waals surface area contributed by atoms with E-state index in [2.05, 4.69) is 11.3 Å². The maximum Gasteiger partial charge on any atom is 0.147 e. The molecule has 0 aliphatic carbocycles. The van der Waals surface area contributed by atoms with E-state index in [0.717, 1.165) is 5.56 Å². The third-order valence-corrected chi connectivity index (χ3v) is 4.47. The van der Waals surface area contributed by atoms with Crippen LogP contribution in [0.2, 0.25) is 0 Å². The molecule has 0 aromatic heterocycles. The van der Waals surface area contributed by atoms with Gasteiger partial charge in [-0.3, -0.25) is 0 Å². The Hall–Kier alpha value is -1.01. The van der Waals surface area contributed by atoms with Gasteiger partial charge in [0, 0.05) is 7.11 Å². The SMILES string of the molecule is C=C[C@@H](OCOC)[C@@H](N[S@](=O)C(C)(C)C)c1ccccc1. The first-order chi connectivity index (χ1) is 9.90. The zero-order valence-electron chi connectivity index (χ0n) is 13.2. The van der Waals surface area contributed by atoms with Crippen LogP contribution < -0.4 is 4.72 Å². The molecular formula is C16H25NO3S. The Morgan fingerprint density at radius 2 is 1.95 bits per heavy atom. The Labute approximate surface area is 130 Å². The van der Waals surface area contributed by atoms with Crippen LogP contribution in [0.1, 0.15) is 32.4 Å². The number of rotatable bonds is 8. The standard InChI is InChI=1S/C16H25NO3S/c1-6-14(20-12-19-5)15(13-10-8-7-9-11-13)17-21(18)16(2,3)4/h6-11,14-15,17H,1,12H2,2-5H3/t14-,15+,21-/m1/s1. The van der Waals surface area contributed by atoms with Gasteiger partial charge in [0.25, 0.3) is 0 Å². The van der Waals surface area contributed by atoms with Gasteiger partial charge in [-0.15, -0.1) is 6.58 Å². The molecule has 5 heteroatoms. The zero-order chi connectivity index (χ0) is 15.9. The van der Waals surface area contributed by atoms with Gasteiger partial charge in [0.15, 0.2) is 0 Å². The Balaban J connectivity index is 2.99. The van der Waals surface area contributed by atoms with Gasteiger partial charge in [-0.05, 0) is 26.3 Å². The second-order valence-corrected chi connectivity index (χ2v) is 7.66. The molecule has 0 spiro atoms. The Morgan fingerprint density at radius 3 is 2.43 bits per heavy atom. The predicted molar refractivity (Wildman–Crippen MR) is 87.2 cm³/mol. The largest absolute Gasteiger partial charge is 0.359 e. The summed E-state index contributed by atoms with van der Waals surface area (Å²) in [6, 6.07) is 9.54. The predicted octanol–water partition coefficient (Wildman–Crippen LogP) is 2.95. The molecule has 0 saturated heterocycles. The van der Waals surface area contributed by atoms with Crippen molar-refractivity contribution in [1.82, 2.24) is 4.72 Å². The normalized spacial score (nSPS) is 16.2. The Bertz CT molecular complexity index is 456. The molecule has 21 heavy (non-hydrogen) atoms. The lowest BCUT2D eigenvalue weighted by Crippen LogP contribution is -2.40. The van der Waals surface area contributed by atoms with Crippen LogP contribution in [-0.4, -0.2) is 29.0 Å². The molecule has 0 unspecified atom stereocenters. The van der Waals surface area contributed by atoms with E-state index in [-0.39, 0.29) is 23.7 Å². The lowest BCUT2D eigenvalue weighted by molar-refractivity contribution is -0.0641. The minimum Gasteiger partial charge on any atom is -0.359 e. The van der Waals surface area contributed by atoms with Crippen molar-refractivity contribution in [3.63, 3.8) is 0 Å². The highest BCUT2D eigenvalue weighted by atomic mass is 32.2. The number of hydrogen-bond acceptors (Lipinski definition) is 3. The van der Waals surface area contributed by atoms with E-state index in [9.17, 15) is 4.21 Å². The third kappa shape index (κ3) is 5.71. The summed E-state index contributed by atoms with van der Waals surface area (Å²) in [7, 11) is 0.354. The van der Waals surface area contributed by atoms with Crippen molar-refractivity contribution in [1.29, 1.82) is 0 Å². The maximum absolute atomic E-state index is 12.4. The summed E-state index contributed by atoms with van der Waals surface area (Å²) in [5.41, 5.74) is 0.996. The molecule has 0 aliphatic heterocycles. The summed E-state index contributed by atoms with van der Waals surface area (Å²) in [6.07, 6.45) is 1.36. The van der Waals surface area contributed by atoms with E-state index in [1.54, 1.807) is 13.2 Å². The van der Waals surface area contributed by atoms with Crippen molar-refractivity contribution in [3.8, 4) is 0 Å². The van der Waals surface area contributed by atoms with E-state index in [1.165, 1.54) is 0 Å². The monoisotopic (exact) mass is 311 g/mol. The number of benzene rings is 1. The summed E-state index contributed by atoms with van der Waals surface area (Å²) in [6.45, 7) is 9.75. The number of methoxy groups -OCH3 is 1. The first-order valence-corrected chi connectivity index (χ1v) is 8.01. The molecule has 3 atom stereocenters. The van der Waals surface area contributed by atoms with Gasteiger partial charge in [0.1, 0.15) is 6.79 Å². The van der Waals surface area contributed by atoms with Crippen molar-refractivity contribution in [2.75, 3.05) is 13.9 Å². The van der Waals surface area contributed by atoms with Crippen LogP contribution in [-0.2, 0) is 20.5 Å². The molecule has 0 heterocycles. The highest BCUT2D eigenvalue weighted by molar-refractivity contribution is 7.84. The molecule has 0 aliphatic rings. The molecule has 118 valence electrons. The number of nitrogens with one attached hydrogen (secondary N) is 1. The van der Waals surface area contributed by atoms with Gasteiger partial charge in [-0.2, -0.15) is 0 Å². The average Bonchev–Trinajstić information content (AvgIpc) is 2.46. The smallest absolute Gasteiger partial charge is 0.147 e. The minimum absolute atomic E-state index is 0.157. The van der Waals surface area contributed by atoms with Crippen LogP contribution >= 0.6 is 0 Å². The summed E-state index contributed by atoms with van der Waals surface area (Å²) in [5, 5.41) is 0. The van der Waals surface area contributed by atoms with E-state index >= 15 is 0 Å². The molecular weight excluding hydrogens is 286 g/mol. The molecule has 0 radical (unpaired) electrons. The second kappa shape index (κ2) is 8.44. The van der Waals surface area contributed by atoms with E-state index < -0.39 is 11.0 Å². The molecule has 0 amide bonds. The summed E-state index contributed by atoms with van der Waals surface area (Å²) >= 11 is 0. The number of ether oxygens (including phenoxy) is 2. The van der Waals surface area contributed by atoms with Crippen molar-refractivity contribution in [2.45, 2.75) is 37.7 Å². The van der Waals surface area contributed by atoms with Gasteiger partial charge in [0.05, 0.1) is 27.9 Å². The highest BCUT2D eigenvalue weighted by Gasteiger charge is 2.28. The van der Waals surface area contributed by atoms with Gasteiger partial charge in [0.2, 0.25) is 0 Å². The second-order valence-electron chi connectivity index (χ2n) is 5.66. The van der Waals surface area contributed by atoms with E-state index in [0.29, 0.717) is 0 Å². The fraction of sp³-hybridized carbons (Fsp3) is 0.500. The topological polar surface area (TPSA) is 47.6 Å². The highest BCUT2D eigenvalue weighted by Crippen LogP contribution is 2.23. The first kappa shape index (κ1) is 18.0. The van der Waals surface area contributed by atoms with Gasteiger partial charge < -0.3 is 9.47 Å². The van der Waals surface area contributed by atoms with Crippen LogP contribution in [0.4, 0.5) is 0 Å². The summed E-state index contributed by atoms with van der Waals surface area (Å²) < 4.78 is 25.8. The quantitative estimate of drug-likeness (QED) is 0.593. The van der Waals surface area contributed by atoms with Crippen molar-refractivity contribution >= 4 is 11.0 Å². The van der Waals surface area contributed by atoms with Gasteiger partial charge in [-0.25, -0.2) is 8.93 Å². The van der Waals surface area contributed by atoms with E-state index in [4.69, 9.17) is 9.47 Å². The lowest BCUT2D eigenvalue weighted by atomic mass is 10.0. The molecule has 1 aromatic rings. The molecule has 0 bridgehead atoms. The molecule has 0 fully saturated rings. The van der Waals surface area contributed by atoms with Crippen LogP contribution in [0.3, 0.4) is 0 Å². The van der Waals surface area contributed by atoms with Crippen molar-refractivity contribution in [2.24, 2.45) is 0 Å². The molecule has 4 nitrogen and oxygen atoms in total. The minimum atomic E-state index is -1.21. The summed E-state index contributed by atoms with van der Waals surface area (Å²) in [4.78, 5) is 0. The average molecular weight is 311 g/mol. The number of hydrogen-bond donors (Lipinski definition) is 1. The molecule has 1 rings (SSSR count). The van der Waals surface area contributed by atoms with Crippen LogP contribution in [0.25, 0.3) is 0 Å². The maximum atomic E-state index is 12.4. The van der Waals surface area contributed by atoms with Crippen molar-refractivity contribution < 1.29 is 13.7 Å². The fourth-order valence-electron chi connectivity index (χ4n) is 1.72. The van der Waals surface area contributed by atoms with Crippen LogP contribution in [0.5, 0.6) is 0 Å². The van der Waals surface area contributed by atoms with Crippen LogP contribution in [0, 0.1) is 0 Å². The molecule has 1 aromatic carbocycles. The molecule has 1 N–H and O–H groups in total. The summed E-state index contributed by atoms with van der Waals surface area (Å²) in [5.74, 6) is 0. The van der Waals surface area contributed by atoms with Gasteiger partial charge >= 0.3 is 0 Å². The van der Waals surface area contributed by atoms with Gasteiger partial charge in [-0.1, -0.05) is 36.4 Å². The Kier molecular flexibility index (Phi) is 7.25. The van der Waals surface area contributed by atoms with E-state index in [1.807, 2.05) is 51.1 Å². The fourth-order valence-corrected chi connectivity index (χ4v) is 2.58. The van der Waals surface area contributed by atoms with Crippen LogP contribution in [0.15, 0.2) is 43.0 Å². The van der Waals surface area contributed by atoms with Crippen molar-refractivity contribution in [3.05, 3.63) is 48.6 Å². The Morgan fingerprint density at radius 1 is 1.33 bits per heavy atom.